The number of halogens is 3. The molecule has 8 heteroatoms. The highest BCUT2D eigenvalue weighted by Crippen LogP contribution is 2.37. The molecule has 108 valence electrons. The lowest BCUT2D eigenvalue weighted by molar-refractivity contribution is -0.188. The maximum absolute atomic E-state index is 12.7. The van der Waals surface area contributed by atoms with Crippen LogP contribution in [0.25, 0.3) is 0 Å². The number of alkyl halides is 3. The van der Waals surface area contributed by atoms with Gasteiger partial charge in [-0.3, -0.25) is 0 Å². The number of nitrogens with one attached hydrogen (secondary N) is 2. The highest BCUT2D eigenvalue weighted by atomic mass is 32.2. The van der Waals surface area contributed by atoms with Crippen LogP contribution in [0, 0.1) is 5.92 Å². The Morgan fingerprint density at radius 3 is 2.33 bits per heavy atom. The van der Waals surface area contributed by atoms with Crippen molar-refractivity contribution in [2.45, 2.75) is 37.9 Å². The van der Waals surface area contributed by atoms with Crippen molar-refractivity contribution in [1.29, 1.82) is 0 Å². The first-order valence-corrected chi connectivity index (χ1v) is 7.84. The van der Waals surface area contributed by atoms with Gasteiger partial charge in [0, 0.05) is 19.1 Å². The second kappa shape index (κ2) is 6.21. The zero-order valence-corrected chi connectivity index (χ0v) is 11.1. The molecule has 4 nitrogen and oxygen atoms in total. The first-order valence-electron chi connectivity index (χ1n) is 5.95. The van der Waals surface area contributed by atoms with E-state index in [9.17, 15) is 21.6 Å². The Bertz CT molecular complexity index is 357. The van der Waals surface area contributed by atoms with Crippen LogP contribution in [0.1, 0.15) is 25.7 Å². The average molecular weight is 288 g/mol. The van der Waals surface area contributed by atoms with E-state index < -0.39 is 28.2 Å². The standard InChI is InChI=1S/C10H19F3N2O2S/c1-18(16,17)15-7-6-14-9-5-3-2-4-8(9)10(11,12)13/h8-9,14-15H,2-7H2,1H3. The second-order valence-corrected chi connectivity index (χ2v) is 6.49. The molecule has 2 N–H and O–H groups in total. The van der Waals surface area contributed by atoms with Crippen molar-refractivity contribution in [2.24, 2.45) is 5.92 Å². The topological polar surface area (TPSA) is 58.2 Å². The van der Waals surface area contributed by atoms with Gasteiger partial charge in [0.15, 0.2) is 0 Å². The van der Waals surface area contributed by atoms with Crippen molar-refractivity contribution < 1.29 is 21.6 Å². The summed E-state index contributed by atoms with van der Waals surface area (Å²) in [5, 5.41) is 2.80. The predicted molar refractivity (Wildman–Crippen MR) is 62.7 cm³/mol. The molecule has 1 saturated carbocycles. The molecule has 0 heterocycles. The minimum absolute atomic E-state index is 0.111. The van der Waals surface area contributed by atoms with Crippen molar-refractivity contribution in [2.75, 3.05) is 19.3 Å². The molecular weight excluding hydrogens is 269 g/mol. The molecule has 2 atom stereocenters. The van der Waals surface area contributed by atoms with E-state index >= 15 is 0 Å². The van der Waals surface area contributed by atoms with Crippen molar-refractivity contribution in [3.63, 3.8) is 0 Å². The van der Waals surface area contributed by atoms with Gasteiger partial charge in [-0.25, -0.2) is 13.1 Å². The molecule has 1 fully saturated rings. The van der Waals surface area contributed by atoms with Gasteiger partial charge in [-0.15, -0.1) is 0 Å². The lowest BCUT2D eigenvalue weighted by atomic mass is 9.84. The summed E-state index contributed by atoms with van der Waals surface area (Å²) in [7, 11) is -3.28. The van der Waals surface area contributed by atoms with Crippen LogP contribution in [0.5, 0.6) is 0 Å². The highest BCUT2D eigenvalue weighted by Gasteiger charge is 2.45. The van der Waals surface area contributed by atoms with Crippen molar-refractivity contribution in [1.82, 2.24) is 10.0 Å². The van der Waals surface area contributed by atoms with E-state index in [1.807, 2.05) is 0 Å². The van der Waals surface area contributed by atoms with E-state index in [1.165, 1.54) is 0 Å². The third-order valence-electron chi connectivity index (χ3n) is 3.08. The zero-order chi connectivity index (χ0) is 13.8. The molecule has 1 aliphatic carbocycles. The maximum Gasteiger partial charge on any atom is 0.393 e. The van der Waals surface area contributed by atoms with Crippen LogP contribution < -0.4 is 10.0 Å². The van der Waals surface area contributed by atoms with Crippen LogP contribution in [-0.2, 0) is 10.0 Å². The Hall–Kier alpha value is -0.340. The van der Waals surface area contributed by atoms with E-state index in [2.05, 4.69) is 10.0 Å². The molecule has 2 unspecified atom stereocenters. The van der Waals surface area contributed by atoms with Gasteiger partial charge in [0.1, 0.15) is 0 Å². The lowest BCUT2D eigenvalue weighted by Gasteiger charge is -2.33. The fourth-order valence-electron chi connectivity index (χ4n) is 2.26. The fraction of sp³-hybridized carbons (Fsp3) is 1.00. The number of rotatable bonds is 5. The van der Waals surface area contributed by atoms with Gasteiger partial charge >= 0.3 is 6.18 Å². The van der Waals surface area contributed by atoms with Gasteiger partial charge < -0.3 is 5.32 Å². The Labute approximate surface area is 105 Å². The monoisotopic (exact) mass is 288 g/mol. The lowest BCUT2D eigenvalue weighted by Crippen LogP contribution is -2.47. The molecule has 0 aliphatic heterocycles. The quantitative estimate of drug-likeness (QED) is 0.749. The summed E-state index contributed by atoms with van der Waals surface area (Å²) in [6.07, 6.45) is -1.13. The van der Waals surface area contributed by atoms with Gasteiger partial charge in [0.2, 0.25) is 10.0 Å². The summed E-state index contributed by atoms with van der Waals surface area (Å²) in [6, 6.07) is -0.597. The molecule has 0 radical (unpaired) electrons. The molecule has 0 amide bonds. The third-order valence-corrected chi connectivity index (χ3v) is 3.81. The molecule has 1 rings (SSSR count). The molecule has 0 aromatic carbocycles. The zero-order valence-electron chi connectivity index (χ0n) is 10.3. The van der Waals surface area contributed by atoms with Crippen LogP contribution in [0.4, 0.5) is 13.2 Å². The highest BCUT2D eigenvalue weighted by molar-refractivity contribution is 7.88. The average Bonchev–Trinajstić information content (AvgIpc) is 2.22. The summed E-state index contributed by atoms with van der Waals surface area (Å²) in [4.78, 5) is 0. The summed E-state index contributed by atoms with van der Waals surface area (Å²) < 4.78 is 62.0. The van der Waals surface area contributed by atoms with Gasteiger partial charge in [0.25, 0.3) is 0 Å². The van der Waals surface area contributed by atoms with E-state index in [4.69, 9.17) is 0 Å². The van der Waals surface area contributed by atoms with Crippen LogP contribution >= 0.6 is 0 Å². The van der Waals surface area contributed by atoms with Crippen LogP contribution in [0.2, 0.25) is 0 Å². The number of hydrogen-bond donors (Lipinski definition) is 2. The molecule has 0 aromatic heterocycles. The Morgan fingerprint density at radius 1 is 1.17 bits per heavy atom. The summed E-state index contributed by atoms with van der Waals surface area (Å²) in [5.74, 6) is -1.32. The minimum atomic E-state index is -4.18. The number of sulfonamides is 1. The van der Waals surface area contributed by atoms with Crippen LogP contribution in [0.3, 0.4) is 0 Å². The normalized spacial score (nSPS) is 26.2. The number of hydrogen-bond acceptors (Lipinski definition) is 3. The second-order valence-electron chi connectivity index (χ2n) is 4.66. The van der Waals surface area contributed by atoms with Crippen molar-refractivity contribution in [3.8, 4) is 0 Å². The first-order chi connectivity index (χ1) is 8.20. The Morgan fingerprint density at radius 2 is 1.78 bits per heavy atom. The molecular formula is C10H19F3N2O2S. The summed E-state index contributed by atoms with van der Waals surface area (Å²) in [6.45, 7) is 0.324. The molecule has 0 spiro atoms. The first kappa shape index (κ1) is 15.7. The fourth-order valence-corrected chi connectivity index (χ4v) is 2.73. The maximum atomic E-state index is 12.7. The van der Waals surface area contributed by atoms with Crippen LogP contribution in [0.15, 0.2) is 0 Å². The minimum Gasteiger partial charge on any atom is -0.312 e. The largest absolute Gasteiger partial charge is 0.393 e. The molecule has 18 heavy (non-hydrogen) atoms. The van der Waals surface area contributed by atoms with Gasteiger partial charge in [-0.1, -0.05) is 12.8 Å². The molecule has 1 aliphatic rings. The SMILES string of the molecule is CS(=O)(=O)NCCNC1CCCCC1C(F)(F)F. The predicted octanol–water partition coefficient (Wildman–Crippen LogP) is 1.25. The Balaban J connectivity index is 2.39. The Kier molecular flexibility index (Phi) is 5.42. The van der Waals surface area contributed by atoms with Gasteiger partial charge in [-0.2, -0.15) is 13.2 Å². The van der Waals surface area contributed by atoms with E-state index in [0.29, 0.717) is 12.8 Å². The molecule has 0 saturated heterocycles. The summed E-state index contributed by atoms with van der Waals surface area (Å²) in [5.41, 5.74) is 0. The summed E-state index contributed by atoms with van der Waals surface area (Å²) >= 11 is 0. The van der Waals surface area contributed by atoms with Crippen molar-refractivity contribution in [3.05, 3.63) is 0 Å². The van der Waals surface area contributed by atoms with Crippen molar-refractivity contribution >= 4 is 10.0 Å². The molecule has 0 bridgehead atoms. The van der Waals surface area contributed by atoms with Crippen LogP contribution in [-0.4, -0.2) is 40.0 Å². The smallest absolute Gasteiger partial charge is 0.312 e. The van der Waals surface area contributed by atoms with Gasteiger partial charge in [-0.05, 0) is 12.8 Å². The van der Waals surface area contributed by atoms with E-state index in [0.717, 1.165) is 12.7 Å². The van der Waals surface area contributed by atoms with E-state index in [-0.39, 0.29) is 19.5 Å². The van der Waals surface area contributed by atoms with Gasteiger partial charge in [0.05, 0.1) is 12.2 Å². The third kappa shape index (κ3) is 5.53. The van der Waals surface area contributed by atoms with E-state index in [1.54, 1.807) is 0 Å². The molecule has 0 aromatic rings.